The van der Waals surface area contributed by atoms with Crippen LogP contribution in [0.1, 0.15) is 111 Å². The van der Waals surface area contributed by atoms with Crippen molar-refractivity contribution in [2.24, 2.45) is 11.5 Å². The number of rotatable bonds is 10. The average molecular weight is 843 g/mol. The Morgan fingerprint density at radius 2 is 1.00 bits per heavy atom. The van der Waals surface area contributed by atoms with Gasteiger partial charge in [0.1, 0.15) is 34.5 Å². The van der Waals surface area contributed by atoms with Crippen LogP contribution in [-0.4, -0.2) is 67.3 Å². The molecule has 16 nitrogen and oxygen atoms in total. The fourth-order valence-corrected chi connectivity index (χ4v) is 7.51. The largest absolute Gasteiger partial charge is 0.481 e. The number of ether oxygens (including phenoxy) is 4. The predicted octanol–water partition coefficient (Wildman–Crippen LogP) is 7.70. The third-order valence-electron chi connectivity index (χ3n) is 11.4. The molecule has 0 spiro atoms. The molecule has 0 saturated carbocycles. The third kappa shape index (κ3) is 8.79. The summed E-state index contributed by atoms with van der Waals surface area (Å²) in [6.45, 7) is 15.6. The van der Waals surface area contributed by atoms with Crippen LogP contribution in [0.2, 0.25) is 0 Å². The molecule has 0 amide bonds. The van der Waals surface area contributed by atoms with Gasteiger partial charge in [-0.05, 0) is 113 Å². The van der Waals surface area contributed by atoms with Gasteiger partial charge in [-0.2, -0.15) is 0 Å². The van der Waals surface area contributed by atoms with E-state index >= 15 is 0 Å². The van der Waals surface area contributed by atoms with Gasteiger partial charge in [0.25, 0.3) is 0 Å². The number of hydrogen-bond donors (Lipinski definition) is 4. The summed E-state index contributed by atoms with van der Waals surface area (Å²) in [4.78, 5) is 51.5. The minimum atomic E-state index is -0.582. The highest BCUT2D eigenvalue weighted by Gasteiger charge is 2.35. The SMILES string of the molecule is CC[C@@](C)(N)c1cnc(OC)c2cnc(Nc3ccc4c(n3)CC(C)(C)OC4=O)cc12.CC[C@](C)(N)c1cnc(OC)c2cnc(Nc3ccc4c(n3)CC(C)(C)OC4=O)cc12. The molecule has 0 radical (unpaired) electrons. The normalized spacial score (nSPS) is 16.9. The Kier molecular flexibility index (Phi) is 11.5. The van der Waals surface area contributed by atoms with E-state index in [1.165, 1.54) is 0 Å². The Morgan fingerprint density at radius 3 is 1.35 bits per heavy atom. The van der Waals surface area contributed by atoms with E-state index in [0.29, 0.717) is 70.4 Å². The van der Waals surface area contributed by atoms with Crippen molar-refractivity contribution in [2.75, 3.05) is 24.9 Å². The summed E-state index contributed by atoms with van der Waals surface area (Å²) in [6.07, 6.45) is 9.56. The summed E-state index contributed by atoms with van der Waals surface area (Å²) in [5.41, 5.74) is 15.0. The number of carbonyl (C=O) groups excluding carboxylic acids is 2. The van der Waals surface area contributed by atoms with Crippen LogP contribution in [0.25, 0.3) is 21.5 Å². The zero-order chi connectivity index (χ0) is 44.8. The van der Waals surface area contributed by atoms with Crippen molar-refractivity contribution in [2.45, 2.75) is 103 Å². The second-order valence-electron chi connectivity index (χ2n) is 17.4. The van der Waals surface area contributed by atoms with Gasteiger partial charge < -0.3 is 41.0 Å². The Morgan fingerprint density at radius 1 is 0.613 bits per heavy atom. The Bertz CT molecular complexity index is 2530. The number of esters is 2. The molecule has 0 unspecified atom stereocenters. The molecule has 2 aliphatic heterocycles. The van der Waals surface area contributed by atoms with Crippen LogP contribution >= 0.6 is 0 Å². The van der Waals surface area contributed by atoms with Crippen molar-refractivity contribution >= 4 is 56.8 Å². The van der Waals surface area contributed by atoms with E-state index in [9.17, 15) is 9.59 Å². The monoisotopic (exact) mass is 842 g/mol. The molecule has 16 heteroatoms. The number of hydrogen-bond acceptors (Lipinski definition) is 16. The van der Waals surface area contributed by atoms with E-state index in [-0.39, 0.29) is 11.9 Å². The van der Waals surface area contributed by atoms with E-state index in [1.807, 2.05) is 67.5 Å². The average Bonchev–Trinajstić information content (AvgIpc) is 3.21. The van der Waals surface area contributed by atoms with Crippen LogP contribution in [-0.2, 0) is 33.4 Å². The molecule has 0 fully saturated rings. The fraction of sp³-hybridized carbons (Fsp3) is 0.391. The van der Waals surface area contributed by atoms with Gasteiger partial charge in [0.05, 0.1) is 47.5 Å². The number of nitrogens with two attached hydrogens (primary N) is 2. The molecule has 6 N–H and O–H groups in total. The second kappa shape index (κ2) is 16.4. The molecule has 8 rings (SSSR count). The van der Waals surface area contributed by atoms with Gasteiger partial charge >= 0.3 is 11.9 Å². The van der Waals surface area contributed by atoms with E-state index in [0.717, 1.165) is 45.5 Å². The highest BCUT2D eigenvalue weighted by atomic mass is 16.6. The van der Waals surface area contributed by atoms with Crippen LogP contribution in [0.3, 0.4) is 0 Å². The van der Waals surface area contributed by atoms with Gasteiger partial charge in [-0.3, -0.25) is 0 Å². The van der Waals surface area contributed by atoms with Crippen molar-refractivity contribution in [3.05, 3.63) is 94.8 Å². The number of carbonyl (C=O) groups is 2. The van der Waals surface area contributed by atoms with Gasteiger partial charge in [0.2, 0.25) is 11.8 Å². The number of aromatic nitrogens is 6. The lowest BCUT2D eigenvalue weighted by Gasteiger charge is -2.30. The number of fused-ring (bicyclic) bond motifs is 4. The molecule has 2 atom stereocenters. The Balaban J connectivity index is 0.000000186. The predicted molar refractivity (Wildman–Crippen MR) is 237 cm³/mol. The van der Waals surface area contributed by atoms with Crippen LogP contribution in [0.15, 0.2) is 61.2 Å². The third-order valence-corrected chi connectivity index (χ3v) is 11.4. The molecule has 62 heavy (non-hydrogen) atoms. The highest BCUT2D eigenvalue weighted by Crippen LogP contribution is 2.37. The molecule has 8 heterocycles. The zero-order valence-electron chi connectivity index (χ0n) is 36.9. The van der Waals surface area contributed by atoms with Gasteiger partial charge in [0.15, 0.2) is 0 Å². The molecular weight excluding hydrogens is 789 g/mol. The highest BCUT2D eigenvalue weighted by molar-refractivity contribution is 5.94. The quantitative estimate of drug-likeness (QED) is 0.0969. The van der Waals surface area contributed by atoms with E-state index in [2.05, 4.69) is 40.5 Å². The van der Waals surface area contributed by atoms with E-state index in [4.69, 9.17) is 30.4 Å². The maximum atomic E-state index is 12.2. The summed E-state index contributed by atoms with van der Waals surface area (Å²) < 4.78 is 21.7. The van der Waals surface area contributed by atoms with Crippen LogP contribution < -0.4 is 31.6 Å². The molecule has 0 aliphatic carbocycles. The van der Waals surface area contributed by atoms with Crippen LogP contribution in [0.5, 0.6) is 11.8 Å². The van der Waals surface area contributed by atoms with Crippen molar-refractivity contribution in [1.82, 2.24) is 29.9 Å². The summed E-state index contributed by atoms with van der Waals surface area (Å²) >= 11 is 0. The molecule has 0 aromatic carbocycles. The van der Waals surface area contributed by atoms with Crippen LogP contribution in [0, 0.1) is 0 Å². The topological polar surface area (TPSA) is 225 Å². The first-order valence-corrected chi connectivity index (χ1v) is 20.5. The molecular formula is C46H54N10O6. The van der Waals surface area contributed by atoms with Gasteiger partial charge in [-0.1, -0.05) is 13.8 Å². The van der Waals surface area contributed by atoms with E-state index in [1.54, 1.807) is 63.3 Å². The summed E-state index contributed by atoms with van der Waals surface area (Å²) in [5, 5.41) is 9.90. The maximum absolute atomic E-state index is 12.2. The maximum Gasteiger partial charge on any atom is 0.340 e. The van der Waals surface area contributed by atoms with Crippen molar-refractivity contribution in [3.8, 4) is 11.8 Å². The summed E-state index contributed by atoms with van der Waals surface area (Å²) in [5.74, 6) is 2.72. The van der Waals surface area contributed by atoms with E-state index < -0.39 is 22.3 Å². The van der Waals surface area contributed by atoms with Gasteiger partial charge in [-0.15, -0.1) is 0 Å². The molecule has 324 valence electrons. The lowest BCUT2D eigenvalue weighted by Crippen LogP contribution is -2.36. The number of nitrogens with one attached hydrogen (secondary N) is 2. The minimum absolute atomic E-state index is 0.347. The first-order chi connectivity index (χ1) is 29.3. The number of anilines is 4. The molecule has 0 saturated heterocycles. The molecule has 6 aromatic heterocycles. The minimum Gasteiger partial charge on any atom is -0.481 e. The smallest absolute Gasteiger partial charge is 0.340 e. The fourth-order valence-electron chi connectivity index (χ4n) is 7.51. The van der Waals surface area contributed by atoms with Crippen molar-refractivity contribution in [1.29, 1.82) is 0 Å². The Labute approximate surface area is 360 Å². The first kappa shape index (κ1) is 43.6. The number of methoxy groups -OCH3 is 2. The first-order valence-electron chi connectivity index (χ1n) is 20.5. The number of nitrogens with zero attached hydrogens (tertiary/aromatic N) is 6. The number of pyridine rings is 6. The lowest BCUT2D eigenvalue weighted by atomic mass is 9.88. The molecule has 2 aliphatic rings. The second-order valence-corrected chi connectivity index (χ2v) is 17.4. The molecule has 0 bridgehead atoms. The lowest BCUT2D eigenvalue weighted by molar-refractivity contribution is -0.00835. The van der Waals surface area contributed by atoms with Crippen molar-refractivity contribution in [3.63, 3.8) is 0 Å². The van der Waals surface area contributed by atoms with Gasteiger partial charge in [0, 0.05) is 48.7 Å². The standard InChI is InChI=1S/2C23H27N5O3/c2*1-6-23(4,24)16-12-26-20(30-5)15-11-25-19(9-14(15)16)28-18-8-7-13-17(27-18)10-22(2,3)31-21(13)29/h2*7-9,11-12H,6,10,24H2,1-5H3,(H,25,27,28)/t2*23-/m10/s1. The molecule has 6 aromatic rings. The summed E-state index contributed by atoms with van der Waals surface area (Å²) in [7, 11) is 3.16. The summed E-state index contributed by atoms with van der Waals surface area (Å²) in [6, 6.07) is 10.8. The van der Waals surface area contributed by atoms with Crippen molar-refractivity contribution < 1.29 is 28.5 Å². The zero-order valence-corrected chi connectivity index (χ0v) is 36.9. The Hall–Kier alpha value is -6.52. The van der Waals surface area contributed by atoms with Gasteiger partial charge in [-0.25, -0.2) is 39.5 Å². The van der Waals surface area contributed by atoms with Crippen LogP contribution in [0.4, 0.5) is 23.3 Å². The number of cyclic esters (lactones) is 2.